The maximum absolute atomic E-state index is 14.6. The van der Waals surface area contributed by atoms with Gasteiger partial charge in [0.05, 0.1) is 29.3 Å². The molecule has 0 saturated carbocycles. The fourth-order valence-electron chi connectivity index (χ4n) is 4.35. The van der Waals surface area contributed by atoms with E-state index in [4.69, 9.17) is 0 Å². The van der Waals surface area contributed by atoms with Crippen molar-refractivity contribution < 1.29 is 9.18 Å². The average molecular weight is 475 g/mol. The maximum Gasteiger partial charge on any atom is 0.244 e. The van der Waals surface area contributed by atoms with Crippen LogP contribution in [0.3, 0.4) is 0 Å². The topological polar surface area (TPSA) is 92.1 Å². The van der Waals surface area contributed by atoms with Crippen LogP contribution in [0.1, 0.15) is 26.3 Å². The molecule has 10 heteroatoms. The molecule has 0 radical (unpaired) electrons. The first-order chi connectivity index (χ1) is 16.8. The second-order valence-electron chi connectivity index (χ2n) is 9.11. The van der Waals surface area contributed by atoms with Crippen LogP contribution in [0.4, 0.5) is 21.7 Å². The van der Waals surface area contributed by atoms with E-state index in [-0.39, 0.29) is 23.5 Å². The summed E-state index contributed by atoms with van der Waals surface area (Å²) in [6.07, 6.45) is 4.04. The molecule has 35 heavy (non-hydrogen) atoms. The Morgan fingerprint density at radius 2 is 1.86 bits per heavy atom. The van der Waals surface area contributed by atoms with Gasteiger partial charge in [0.2, 0.25) is 17.8 Å². The van der Waals surface area contributed by atoms with Gasteiger partial charge in [0.25, 0.3) is 0 Å². The lowest BCUT2D eigenvalue weighted by Crippen LogP contribution is -2.37. The number of imidazole rings is 1. The van der Waals surface area contributed by atoms with Crippen molar-refractivity contribution >= 4 is 34.3 Å². The van der Waals surface area contributed by atoms with Gasteiger partial charge in [0.15, 0.2) is 0 Å². The summed E-state index contributed by atoms with van der Waals surface area (Å²) in [4.78, 5) is 33.5. The van der Waals surface area contributed by atoms with Crippen molar-refractivity contribution in [3.8, 4) is 11.4 Å². The highest BCUT2D eigenvalue weighted by molar-refractivity contribution is 5.99. The first-order valence-electron chi connectivity index (χ1n) is 11.5. The second kappa shape index (κ2) is 9.03. The number of hydrogen-bond donors (Lipinski definition) is 1. The predicted octanol–water partition coefficient (Wildman–Crippen LogP) is 4.02. The zero-order chi connectivity index (χ0) is 24.7. The third kappa shape index (κ3) is 4.32. The minimum absolute atomic E-state index is 0.0826. The zero-order valence-electron chi connectivity index (χ0n) is 20.1. The molecule has 1 atom stereocenters. The molecule has 1 N–H and O–H groups in total. The molecule has 9 nitrogen and oxygen atoms in total. The molecule has 0 aliphatic carbocycles. The van der Waals surface area contributed by atoms with Gasteiger partial charge >= 0.3 is 0 Å². The largest absolute Gasteiger partial charge is 0.328 e. The number of hydrogen-bond acceptors (Lipinski definition) is 7. The van der Waals surface area contributed by atoms with E-state index < -0.39 is 5.95 Å². The number of likely N-dealkylation sites (N-methyl/N-ethyl adjacent to an activating group) is 1. The molecule has 0 spiro atoms. The molecule has 4 heterocycles. The van der Waals surface area contributed by atoms with Gasteiger partial charge in [-0.2, -0.15) is 4.39 Å². The summed E-state index contributed by atoms with van der Waals surface area (Å²) in [6, 6.07) is 11.1. The quantitative estimate of drug-likeness (QED) is 0.422. The summed E-state index contributed by atoms with van der Waals surface area (Å²) in [5, 5.41) is 3.17. The van der Waals surface area contributed by atoms with E-state index in [1.165, 1.54) is 0 Å². The number of carbonyl (C=O) groups excluding carboxylic acids is 1. The zero-order valence-corrected chi connectivity index (χ0v) is 20.1. The van der Waals surface area contributed by atoms with Gasteiger partial charge in [-0.15, -0.1) is 0 Å². The van der Waals surface area contributed by atoms with E-state index in [1.807, 2.05) is 66.6 Å². The molecule has 0 bridgehead atoms. The number of rotatable bonds is 6. The van der Waals surface area contributed by atoms with Gasteiger partial charge in [-0.3, -0.25) is 9.69 Å². The fraction of sp³-hybridized carbons (Fsp3) is 0.320. The van der Waals surface area contributed by atoms with Crippen LogP contribution in [0.25, 0.3) is 22.4 Å². The van der Waals surface area contributed by atoms with Crippen molar-refractivity contribution in [1.82, 2.24) is 29.4 Å². The number of nitrogens with zero attached hydrogens (tertiary/aromatic N) is 7. The van der Waals surface area contributed by atoms with E-state index in [1.54, 1.807) is 24.7 Å². The van der Waals surface area contributed by atoms with E-state index in [2.05, 4.69) is 25.3 Å². The van der Waals surface area contributed by atoms with Crippen LogP contribution in [0.5, 0.6) is 0 Å². The van der Waals surface area contributed by atoms with Crippen LogP contribution in [-0.4, -0.2) is 62.0 Å². The van der Waals surface area contributed by atoms with Crippen LogP contribution < -0.4 is 10.2 Å². The number of halogens is 1. The number of anilines is 3. The van der Waals surface area contributed by atoms with Crippen molar-refractivity contribution in [2.24, 2.45) is 0 Å². The van der Waals surface area contributed by atoms with Crippen LogP contribution >= 0.6 is 0 Å². The van der Waals surface area contributed by atoms with Crippen molar-refractivity contribution in [3.63, 3.8) is 0 Å². The number of nitrogens with one attached hydrogen (secondary N) is 1. The highest BCUT2D eigenvalue weighted by atomic mass is 19.1. The van der Waals surface area contributed by atoms with Crippen molar-refractivity contribution in [1.29, 1.82) is 0 Å². The molecule has 1 saturated heterocycles. The van der Waals surface area contributed by atoms with Crippen LogP contribution in [0, 0.1) is 5.95 Å². The Balaban J connectivity index is 1.37. The SMILES string of the molecule is CC(C)n1cnc2c(F)nc(-c3ccnc(Nc4ccc(N5CCC(N(C)C)C5=O)cc4)n3)cc21. The highest BCUT2D eigenvalue weighted by Crippen LogP contribution is 2.27. The summed E-state index contributed by atoms with van der Waals surface area (Å²) in [5.74, 6) is -0.157. The Kier molecular flexibility index (Phi) is 5.89. The minimum Gasteiger partial charge on any atom is -0.328 e. The van der Waals surface area contributed by atoms with E-state index >= 15 is 0 Å². The minimum atomic E-state index is -0.631. The molecular weight excluding hydrogens is 447 g/mol. The molecule has 1 aliphatic heterocycles. The molecule has 180 valence electrons. The first-order valence-corrected chi connectivity index (χ1v) is 11.5. The molecule has 4 aromatic rings. The summed E-state index contributed by atoms with van der Waals surface area (Å²) in [6.45, 7) is 4.72. The van der Waals surface area contributed by atoms with Crippen molar-refractivity contribution in [2.45, 2.75) is 32.4 Å². The maximum atomic E-state index is 14.6. The number of pyridine rings is 1. The van der Waals surface area contributed by atoms with Crippen LogP contribution in [0.15, 0.2) is 48.9 Å². The van der Waals surface area contributed by atoms with Gasteiger partial charge < -0.3 is 14.8 Å². The lowest BCUT2D eigenvalue weighted by molar-refractivity contribution is -0.120. The standard InChI is InChI=1S/C25H27FN8O/c1-15(2)34-14-28-22-21(34)13-19(30-23(22)26)18-9-11-27-25(31-18)29-16-5-7-17(8-6-16)33-12-10-20(24(33)35)32(3)4/h5-9,11,13-15,20H,10,12H2,1-4H3,(H,27,29,31). The Morgan fingerprint density at radius 3 is 2.54 bits per heavy atom. The van der Waals surface area contributed by atoms with Crippen molar-refractivity contribution in [2.75, 3.05) is 30.9 Å². The second-order valence-corrected chi connectivity index (χ2v) is 9.11. The normalized spacial score (nSPS) is 16.1. The van der Waals surface area contributed by atoms with Gasteiger partial charge in [-0.25, -0.2) is 19.9 Å². The Morgan fingerprint density at radius 1 is 1.09 bits per heavy atom. The van der Waals surface area contributed by atoms with Crippen LogP contribution in [-0.2, 0) is 4.79 Å². The summed E-state index contributed by atoms with van der Waals surface area (Å²) in [7, 11) is 3.85. The third-order valence-corrected chi connectivity index (χ3v) is 6.23. The molecule has 1 fully saturated rings. The van der Waals surface area contributed by atoms with Gasteiger partial charge in [-0.1, -0.05) is 0 Å². The monoisotopic (exact) mass is 474 g/mol. The van der Waals surface area contributed by atoms with Crippen LogP contribution in [0.2, 0.25) is 0 Å². The number of carbonyl (C=O) groups is 1. The molecular formula is C25H27FN8O. The molecule has 1 aromatic carbocycles. The number of benzene rings is 1. The highest BCUT2D eigenvalue weighted by Gasteiger charge is 2.33. The molecule has 3 aromatic heterocycles. The van der Waals surface area contributed by atoms with E-state index in [0.29, 0.717) is 29.4 Å². The first kappa shape index (κ1) is 22.9. The van der Waals surface area contributed by atoms with E-state index in [9.17, 15) is 9.18 Å². The van der Waals surface area contributed by atoms with Gasteiger partial charge in [0.1, 0.15) is 5.52 Å². The predicted molar refractivity (Wildman–Crippen MR) is 133 cm³/mol. The fourth-order valence-corrected chi connectivity index (χ4v) is 4.35. The molecule has 5 rings (SSSR count). The molecule has 1 aliphatic rings. The lowest BCUT2D eigenvalue weighted by atomic mass is 10.2. The third-order valence-electron chi connectivity index (χ3n) is 6.23. The Bertz CT molecular complexity index is 1380. The summed E-state index contributed by atoms with van der Waals surface area (Å²) < 4.78 is 16.5. The molecule has 1 unspecified atom stereocenters. The Labute approximate surface area is 202 Å². The smallest absolute Gasteiger partial charge is 0.244 e. The average Bonchev–Trinajstić information content (AvgIpc) is 3.44. The van der Waals surface area contributed by atoms with E-state index in [0.717, 1.165) is 17.8 Å². The summed E-state index contributed by atoms with van der Waals surface area (Å²) >= 11 is 0. The Hall–Kier alpha value is -3.92. The van der Waals surface area contributed by atoms with Gasteiger partial charge in [0, 0.05) is 30.2 Å². The van der Waals surface area contributed by atoms with Gasteiger partial charge in [-0.05, 0) is 70.8 Å². The number of fused-ring (bicyclic) bond motifs is 1. The molecule has 1 amide bonds. The number of aromatic nitrogens is 5. The van der Waals surface area contributed by atoms with Crippen molar-refractivity contribution in [3.05, 3.63) is 54.9 Å². The summed E-state index contributed by atoms with van der Waals surface area (Å²) in [5.41, 5.74) is 3.43. The number of amides is 1. The lowest BCUT2D eigenvalue weighted by Gasteiger charge is -2.20.